The first kappa shape index (κ1) is 25.2. The predicted molar refractivity (Wildman–Crippen MR) is 107 cm³/mol. The molecule has 0 aliphatic rings. The lowest BCUT2D eigenvalue weighted by atomic mass is 9.74. The van der Waals surface area contributed by atoms with E-state index in [4.69, 9.17) is 19.9 Å². The van der Waals surface area contributed by atoms with Crippen LogP contribution in [0.1, 0.15) is 94.4 Å². The first-order valence-electron chi connectivity index (χ1n) is 9.94. The van der Waals surface area contributed by atoms with Crippen molar-refractivity contribution in [3.05, 3.63) is 0 Å². The van der Waals surface area contributed by atoms with Crippen molar-refractivity contribution < 1.29 is 19.0 Å². The highest BCUT2D eigenvalue weighted by Crippen LogP contribution is 2.38. The van der Waals surface area contributed by atoms with Crippen molar-refractivity contribution in [2.24, 2.45) is 11.1 Å². The van der Waals surface area contributed by atoms with Crippen molar-refractivity contribution in [1.29, 1.82) is 0 Å². The van der Waals surface area contributed by atoms with Crippen LogP contribution in [0.15, 0.2) is 0 Å². The fourth-order valence-electron chi connectivity index (χ4n) is 2.78. The van der Waals surface area contributed by atoms with E-state index in [0.29, 0.717) is 26.0 Å². The van der Waals surface area contributed by atoms with Gasteiger partial charge in [-0.15, -0.1) is 0 Å². The van der Waals surface area contributed by atoms with Crippen molar-refractivity contribution in [2.45, 2.75) is 111 Å². The van der Waals surface area contributed by atoms with Gasteiger partial charge >= 0.3 is 6.16 Å². The van der Waals surface area contributed by atoms with E-state index < -0.39 is 17.4 Å². The molecule has 0 unspecified atom stereocenters. The van der Waals surface area contributed by atoms with Gasteiger partial charge < -0.3 is 19.9 Å². The Hall–Kier alpha value is -0.810. The summed E-state index contributed by atoms with van der Waals surface area (Å²) in [6, 6.07) is 0. The Labute approximate surface area is 161 Å². The van der Waals surface area contributed by atoms with Crippen LogP contribution in [0, 0.1) is 5.41 Å². The smallest absolute Gasteiger partial charge is 0.428 e. The van der Waals surface area contributed by atoms with E-state index in [9.17, 15) is 4.79 Å². The monoisotopic (exact) mass is 373 g/mol. The molecule has 0 rings (SSSR count). The molecule has 2 N–H and O–H groups in total. The van der Waals surface area contributed by atoms with Crippen molar-refractivity contribution in [1.82, 2.24) is 0 Å². The van der Waals surface area contributed by atoms with Crippen LogP contribution in [-0.4, -0.2) is 36.1 Å². The molecule has 0 heterocycles. The maximum Gasteiger partial charge on any atom is 0.509 e. The van der Waals surface area contributed by atoms with Crippen LogP contribution in [-0.2, 0) is 14.2 Å². The SMILES string of the molecule is CCCC(C)(C)C(C)(C)OCCC(C)(C)OC(=O)OC(C)(C)CCCN. The largest absolute Gasteiger partial charge is 0.509 e. The summed E-state index contributed by atoms with van der Waals surface area (Å²) in [6.45, 7) is 19.5. The van der Waals surface area contributed by atoms with E-state index in [-0.39, 0.29) is 11.0 Å². The lowest BCUT2D eigenvalue weighted by Gasteiger charge is -2.42. The number of ether oxygens (including phenoxy) is 3. The molecule has 0 saturated carbocycles. The highest BCUT2D eigenvalue weighted by molar-refractivity contribution is 5.61. The van der Waals surface area contributed by atoms with E-state index in [0.717, 1.165) is 19.3 Å². The van der Waals surface area contributed by atoms with Crippen molar-refractivity contribution in [3.63, 3.8) is 0 Å². The number of nitrogens with two attached hydrogens (primary N) is 1. The number of hydrogen-bond donors (Lipinski definition) is 1. The molecule has 0 aromatic heterocycles. The summed E-state index contributed by atoms with van der Waals surface area (Å²) >= 11 is 0. The average Bonchev–Trinajstić information content (AvgIpc) is 2.42. The molecule has 0 fully saturated rings. The third-order valence-corrected chi connectivity index (χ3v) is 5.37. The number of carbonyl (C=O) groups is 1. The lowest BCUT2D eigenvalue weighted by molar-refractivity contribution is -0.119. The van der Waals surface area contributed by atoms with Crippen LogP contribution >= 0.6 is 0 Å². The summed E-state index contributed by atoms with van der Waals surface area (Å²) in [6.07, 6.45) is 3.71. The molecule has 0 atom stereocenters. The van der Waals surface area contributed by atoms with Crippen LogP contribution < -0.4 is 5.73 Å². The Balaban J connectivity index is 4.51. The first-order valence-corrected chi connectivity index (χ1v) is 9.94. The van der Waals surface area contributed by atoms with E-state index >= 15 is 0 Å². The molecule has 156 valence electrons. The molecule has 0 aliphatic heterocycles. The van der Waals surface area contributed by atoms with Gasteiger partial charge in [-0.3, -0.25) is 0 Å². The topological polar surface area (TPSA) is 70.8 Å². The second kappa shape index (κ2) is 9.93. The molecule has 0 aromatic carbocycles. The van der Waals surface area contributed by atoms with Crippen LogP contribution in [0.25, 0.3) is 0 Å². The minimum Gasteiger partial charge on any atom is -0.428 e. The summed E-state index contributed by atoms with van der Waals surface area (Å²) < 4.78 is 17.2. The molecular weight excluding hydrogens is 330 g/mol. The zero-order chi connectivity index (χ0) is 20.6. The summed E-state index contributed by atoms with van der Waals surface area (Å²) in [4.78, 5) is 12.1. The molecule has 5 nitrogen and oxygen atoms in total. The van der Waals surface area contributed by atoms with Crippen molar-refractivity contribution in [2.75, 3.05) is 13.2 Å². The van der Waals surface area contributed by atoms with Gasteiger partial charge in [-0.25, -0.2) is 4.79 Å². The fourth-order valence-corrected chi connectivity index (χ4v) is 2.78. The predicted octanol–water partition coefficient (Wildman–Crippen LogP) is 5.45. The van der Waals surface area contributed by atoms with Crippen LogP contribution in [0.4, 0.5) is 4.79 Å². The van der Waals surface area contributed by atoms with E-state index in [1.807, 2.05) is 27.7 Å². The Kier molecular flexibility index (Phi) is 9.62. The van der Waals surface area contributed by atoms with Gasteiger partial charge in [0.15, 0.2) is 0 Å². The molecule has 0 aromatic rings. The second-order valence-corrected chi connectivity index (χ2v) is 9.61. The highest BCUT2D eigenvalue weighted by atomic mass is 16.7. The maximum absolute atomic E-state index is 12.1. The van der Waals surface area contributed by atoms with Gasteiger partial charge in [0.1, 0.15) is 11.2 Å². The summed E-state index contributed by atoms with van der Waals surface area (Å²) in [5.74, 6) is 0. The molecular formula is C21H43NO4. The Bertz CT molecular complexity index is 428. The Morgan fingerprint density at radius 2 is 1.35 bits per heavy atom. The third kappa shape index (κ3) is 9.22. The van der Waals surface area contributed by atoms with Gasteiger partial charge in [0.05, 0.1) is 12.2 Å². The first-order chi connectivity index (χ1) is 11.7. The van der Waals surface area contributed by atoms with Gasteiger partial charge in [0.25, 0.3) is 0 Å². The van der Waals surface area contributed by atoms with Crippen LogP contribution in [0.3, 0.4) is 0 Å². The van der Waals surface area contributed by atoms with Gasteiger partial charge in [-0.1, -0.05) is 27.2 Å². The van der Waals surface area contributed by atoms with E-state index in [2.05, 4.69) is 34.6 Å². The maximum atomic E-state index is 12.1. The molecule has 26 heavy (non-hydrogen) atoms. The zero-order valence-electron chi connectivity index (χ0n) is 18.7. The third-order valence-electron chi connectivity index (χ3n) is 5.37. The van der Waals surface area contributed by atoms with Crippen molar-refractivity contribution >= 4 is 6.16 Å². The van der Waals surface area contributed by atoms with Crippen molar-refractivity contribution in [3.8, 4) is 0 Å². The summed E-state index contributed by atoms with van der Waals surface area (Å²) in [5.41, 5.74) is 4.14. The molecule has 0 radical (unpaired) electrons. The Morgan fingerprint density at radius 3 is 1.81 bits per heavy atom. The molecule has 0 saturated heterocycles. The minimum atomic E-state index is -0.647. The lowest BCUT2D eigenvalue weighted by Crippen LogP contribution is -2.43. The molecule has 5 heteroatoms. The molecule has 0 amide bonds. The van der Waals surface area contributed by atoms with Gasteiger partial charge in [0.2, 0.25) is 0 Å². The average molecular weight is 374 g/mol. The Morgan fingerprint density at radius 1 is 0.846 bits per heavy atom. The standard InChI is InChI=1S/C21H43NO4/c1-10-12-18(2,3)21(8,9)24-16-14-20(6,7)26-17(23)25-19(4,5)13-11-15-22/h10-16,22H2,1-9H3. The van der Waals surface area contributed by atoms with E-state index in [1.54, 1.807) is 0 Å². The summed E-state index contributed by atoms with van der Waals surface area (Å²) in [7, 11) is 0. The second-order valence-electron chi connectivity index (χ2n) is 9.61. The number of carbonyl (C=O) groups excluding carboxylic acids is 1. The normalized spacial score (nSPS) is 13.6. The molecule has 0 bridgehead atoms. The van der Waals surface area contributed by atoms with Crippen LogP contribution in [0.5, 0.6) is 0 Å². The number of hydrogen-bond acceptors (Lipinski definition) is 5. The fraction of sp³-hybridized carbons (Fsp3) is 0.952. The van der Waals surface area contributed by atoms with Gasteiger partial charge in [0, 0.05) is 6.42 Å². The molecule has 0 spiro atoms. The summed E-state index contributed by atoms with van der Waals surface area (Å²) in [5, 5.41) is 0. The molecule has 0 aliphatic carbocycles. The highest BCUT2D eigenvalue weighted by Gasteiger charge is 2.37. The van der Waals surface area contributed by atoms with Gasteiger partial charge in [-0.2, -0.15) is 0 Å². The van der Waals surface area contributed by atoms with Gasteiger partial charge in [-0.05, 0) is 72.8 Å². The minimum absolute atomic E-state index is 0.0820. The van der Waals surface area contributed by atoms with Crippen LogP contribution in [0.2, 0.25) is 0 Å². The number of rotatable bonds is 12. The van der Waals surface area contributed by atoms with E-state index in [1.165, 1.54) is 0 Å². The zero-order valence-corrected chi connectivity index (χ0v) is 18.7. The quantitative estimate of drug-likeness (QED) is 0.461.